The number of para-hydroxylation sites is 1. The molecule has 0 bridgehead atoms. The summed E-state index contributed by atoms with van der Waals surface area (Å²) in [5.41, 5.74) is 3.06. The number of aromatic amines is 1. The Bertz CT molecular complexity index is 1230. The molecule has 0 radical (unpaired) electrons. The van der Waals surface area contributed by atoms with Gasteiger partial charge >= 0.3 is 0 Å². The number of hydrogen-bond acceptors (Lipinski definition) is 2. The lowest BCUT2D eigenvalue weighted by molar-refractivity contribution is 1.51. The minimum absolute atomic E-state index is 0.756. The molecule has 2 nitrogen and oxygen atoms in total. The van der Waals surface area contributed by atoms with Gasteiger partial charge in [0.25, 0.3) is 0 Å². The van der Waals surface area contributed by atoms with E-state index in [4.69, 9.17) is 0 Å². The first kappa shape index (κ1) is 11.8. The average molecular weight is 298 g/mol. The molecule has 102 valence electrons. The third kappa shape index (κ3) is 1.37. The minimum Gasteiger partial charge on any atom is -0.354 e. The van der Waals surface area contributed by atoms with Crippen molar-refractivity contribution in [1.29, 1.82) is 5.26 Å². The third-order valence-corrected chi connectivity index (χ3v) is 5.45. The molecule has 0 unspecified atom stereocenters. The molecule has 0 amide bonds. The summed E-state index contributed by atoms with van der Waals surface area (Å²) in [6, 6.07) is 21.0. The molecule has 2 aromatic heterocycles. The monoisotopic (exact) mass is 298 g/mol. The van der Waals surface area contributed by atoms with Crippen LogP contribution in [-0.4, -0.2) is 4.98 Å². The van der Waals surface area contributed by atoms with Gasteiger partial charge in [0, 0.05) is 37.3 Å². The lowest BCUT2D eigenvalue weighted by atomic mass is 10.0. The lowest BCUT2D eigenvalue weighted by Gasteiger charge is -1.97. The van der Waals surface area contributed by atoms with E-state index in [-0.39, 0.29) is 0 Å². The second-order valence-electron chi connectivity index (χ2n) is 5.43. The fraction of sp³-hybridized carbons (Fsp3) is 0. The van der Waals surface area contributed by atoms with Gasteiger partial charge in [0.05, 0.1) is 10.3 Å². The van der Waals surface area contributed by atoms with Crippen molar-refractivity contribution < 1.29 is 0 Å². The number of thiophene rings is 1. The minimum atomic E-state index is 0.756. The lowest BCUT2D eigenvalue weighted by Crippen LogP contribution is -1.74. The second-order valence-corrected chi connectivity index (χ2v) is 6.48. The van der Waals surface area contributed by atoms with Gasteiger partial charge in [-0.3, -0.25) is 0 Å². The quantitative estimate of drug-likeness (QED) is 0.399. The van der Waals surface area contributed by atoms with Gasteiger partial charge in [-0.1, -0.05) is 30.3 Å². The number of benzene rings is 3. The number of nitriles is 1. The van der Waals surface area contributed by atoms with E-state index in [0.717, 1.165) is 21.3 Å². The van der Waals surface area contributed by atoms with E-state index < -0.39 is 0 Å². The number of H-pyrrole nitrogens is 1. The second kappa shape index (κ2) is 4.09. The number of hydrogen-bond donors (Lipinski definition) is 1. The number of aromatic nitrogens is 1. The van der Waals surface area contributed by atoms with Crippen molar-refractivity contribution in [3.63, 3.8) is 0 Å². The van der Waals surface area contributed by atoms with Gasteiger partial charge in [-0.2, -0.15) is 5.26 Å². The molecule has 22 heavy (non-hydrogen) atoms. The molecule has 0 aliphatic heterocycles. The Labute approximate surface area is 130 Å². The van der Waals surface area contributed by atoms with Crippen molar-refractivity contribution in [2.45, 2.75) is 0 Å². The van der Waals surface area contributed by atoms with Crippen LogP contribution in [0.4, 0.5) is 0 Å². The number of nitrogens with zero attached hydrogens (tertiary/aromatic N) is 1. The highest BCUT2D eigenvalue weighted by molar-refractivity contribution is 7.26. The highest BCUT2D eigenvalue weighted by Crippen LogP contribution is 2.42. The number of rotatable bonds is 0. The molecule has 0 fully saturated rings. The standard InChI is InChI=1S/C19H10N2S/c20-10-11-4-3-6-13-18-16(22-19(11)13)9-8-15-17(18)12-5-1-2-7-14(12)21-15/h1-9,21H. The maximum absolute atomic E-state index is 9.36. The Morgan fingerprint density at radius 3 is 2.59 bits per heavy atom. The summed E-state index contributed by atoms with van der Waals surface area (Å²) in [6.45, 7) is 0. The van der Waals surface area contributed by atoms with Crippen molar-refractivity contribution in [3.8, 4) is 6.07 Å². The van der Waals surface area contributed by atoms with E-state index in [1.165, 1.54) is 26.2 Å². The third-order valence-electron chi connectivity index (χ3n) is 4.25. The molecular weight excluding hydrogens is 288 g/mol. The summed E-state index contributed by atoms with van der Waals surface area (Å²) in [4.78, 5) is 3.49. The van der Waals surface area contributed by atoms with Gasteiger partial charge in [-0.15, -0.1) is 11.3 Å². The van der Waals surface area contributed by atoms with E-state index in [2.05, 4.69) is 53.5 Å². The van der Waals surface area contributed by atoms with Crippen molar-refractivity contribution in [1.82, 2.24) is 4.98 Å². The largest absolute Gasteiger partial charge is 0.354 e. The Morgan fingerprint density at radius 1 is 0.818 bits per heavy atom. The highest BCUT2D eigenvalue weighted by Gasteiger charge is 2.14. The Hall–Kier alpha value is -2.83. The van der Waals surface area contributed by atoms with Crippen LogP contribution in [0.3, 0.4) is 0 Å². The molecule has 5 aromatic rings. The van der Waals surface area contributed by atoms with Crippen LogP contribution in [0, 0.1) is 11.3 Å². The number of nitrogens with one attached hydrogen (secondary N) is 1. The van der Waals surface area contributed by atoms with Crippen LogP contribution in [0.1, 0.15) is 5.56 Å². The summed E-state index contributed by atoms with van der Waals surface area (Å²) in [6.07, 6.45) is 0. The van der Waals surface area contributed by atoms with Crippen LogP contribution < -0.4 is 0 Å². The van der Waals surface area contributed by atoms with E-state index in [0.29, 0.717) is 0 Å². The molecule has 0 spiro atoms. The first-order valence-corrected chi connectivity index (χ1v) is 7.93. The van der Waals surface area contributed by atoms with Crippen LogP contribution in [0.25, 0.3) is 42.0 Å². The van der Waals surface area contributed by atoms with Gasteiger partial charge in [0.15, 0.2) is 0 Å². The molecule has 0 aliphatic carbocycles. The Morgan fingerprint density at radius 2 is 1.68 bits per heavy atom. The van der Waals surface area contributed by atoms with E-state index in [9.17, 15) is 5.26 Å². The molecule has 0 saturated heterocycles. The SMILES string of the molecule is N#Cc1cccc2c1sc1ccc3[nH]c4ccccc4c3c12. The molecule has 3 heteroatoms. The predicted molar refractivity (Wildman–Crippen MR) is 93.4 cm³/mol. The Kier molecular flexibility index (Phi) is 2.19. The van der Waals surface area contributed by atoms with Crippen molar-refractivity contribution in [2.75, 3.05) is 0 Å². The van der Waals surface area contributed by atoms with Gasteiger partial charge in [-0.25, -0.2) is 0 Å². The van der Waals surface area contributed by atoms with Crippen LogP contribution in [0.2, 0.25) is 0 Å². The first-order valence-electron chi connectivity index (χ1n) is 7.11. The van der Waals surface area contributed by atoms with Gasteiger partial charge in [-0.05, 0) is 24.3 Å². The predicted octanol–water partition coefficient (Wildman–Crippen LogP) is 5.56. The Balaban J connectivity index is 2.15. The molecule has 5 rings (SSSR count). The molecule has 3 aromatic carbocycles. The smallest absolute Gasteiger partial charge is 0.101 e. The van der Waals surface area contributed by atoms with Crippen molar-refractivity contribution in [3.05, 3.63) is 60.2 Å². The maximum atomic E-state index is 9.36. The van der Waals surface area contributed by atoms with Crippen LogP contribution in [-0.2, 0) is 0 Å². The first-order chi connectivity index (χ1) is 10.9. The zero-order chi connectivity index (χ0) is 14.7. The summed E-state index contributed by atoms with van der Waals surface area (Å²) >= 11 is 1.70. The van der Waals surface area contributed by atoms with Gasteiger partial charge in [0.2, 0.25) is 0 Å². The molecule has 0 aliphatic rings. The zero-order valence-corrected chi connectivity index (χ0v) is 12.4. The van der Waals surface area contributed by atoms with Crippen molar-refractivity contribution in [2.24, 2.45) is 0 Å². The average Bonchev–Trinajstić information content (AvgIpc) is 3.11. The molecule has 0 atom stereocenters. The van der Waals surface area contributed by atoms with E-state index in [1.807, 2.05) is 12.1 Å². The summed E-state index contributed by atoms with van der Waals surface area (Å²) in [5.74, 6) is 0. The van der Waals surface area contributed by atoms with Gasteiger partial charge in [0.1, 0.15) is 6.07 Å². The summed E-state index contributed by atoms with van der Waals surface area (Å²) in [5, 5.41) is 14.3. The van der Waals surface area contributed by atoms with E-state index >= 15 is 0 Å². The fourth-order valence-corrected chi connectivity index (χ4v) is 4.49. The topological polar surface area (TPSA) is 39.6 Å². The van der Waals surface area contributed by atoms with Crippen LogP contribution >= 0.6 is 11.3 Å². The fourth-order valence-electron chi connectivity index (χ4n) is 3.32. The van der Waals surface area contributed by atoms with Gasteiger partial charge < -0.3 is 4.98 Å². The molecule has 0 saturated carbocycles. The molecule has 1 N–H and O–H groups in total. The van der Waals surface area contributed by atoms with E-state index in [1.54, 1.807) is 11.3 Å². The normalized spacial score (nSPS) is 11.6. The van der Waals surface area contributed by atoms with Crippen LogP contribution in [0.15, 0.2) is 54.6 Å². The zero-order valence-electron chi connectivity index (χ0n) is 11.6. The number of fused-ring (bicyclic) bond motifs is 7. The molecular formula is C19H10N2S. The maximum Gasteiger partial charge on any atom is 0.101 e. The van der Waals surface area contributed by atoms with Crippen molar-refractivity contribution >= 4 is 53.3 Å². The summed E-state index contributed by atoms with van der Waals surface area (Å²) < 4.78 is 2.31. The molecule has 2 heterocycles. The highest BCUT2D eigenvalue weighted by atomic mass is 32.1. The summed E-state index contributed by atoms with van der Waals surface area (Å²) in [7, 11) is 0. The van der Waals surface area contributed by atoms with Crippen LogP contribution in [0.5, 0.6) is 0 Å².